The number of hydrogen-bond donors (Lipinski definition) is 1. The van der Waals surface area contributed by atoms with Crippen molar-refractivity contribution in [1.29, 1.82) is 0 Å². The molecule has 1 saturated heterocycles. The van der Waals surface area contributed by atoms with E-state index in [0.717, 1.165) is 31.2 Å². The van der Waals surface area contributed by atoms with Gasteiger partial charge in [-0.05, 0) is 87.8 Å². The molecule has 0 aromatic heterocycles. The Morgan fingerprint density at radius 3 is 2.46 bits per heavy atom. The van der Waals surface area contributed by atoms with Gasteiger partial charge >= 0.3 is 5.97 Å². The molecular formula is C32H45N3O4. The predicted octanol–water partition coefficient (Wildman–Crippen LogP) is 5.05. The fourth-order valence-electron chi connectivity index (χ4n) is 5.61. The lowest BCUT2D eigenvalue weighted by molar-refractivity contribution is -0.143. The van der Waals surface area contributed by atoms with Crippen molar-refractivity contribution in [2.45, 2.75) is 71.0 Å². The van der Waals surface area contributed by atoms with Crippen LogP contribution in [0.3, 0.4) is 0 Å². The number of piperazine rings is 1. The number of carbonyl (C=O) groups is 2. The monoisotopic (exact) mass is 535 g/mol. The summed E-state index contributed by atoms with van der Waals surface area (Å²) >= 11 is 0. The first-order valence-corrected chi connectivity index (χ1v) is 14.6. The standard InChI is InChI=1S/C32H45N3O4/c1-5-39-30(36)11-6-7-18-33-32(37)27-16-14-26(15-17-27)31(28-9-8-10-29(19-28)38-4)35-21-23(2)34(20-24(35)3)22-25-12-13-25/h8-10,14-17,19,23-25,31H,5-7,11-13,18,20-22H2,1-4H3,(H,33,37)/t23-,24-,31?/m1/s1. The second kappa shape index (κ2) is 13.9. The van der Waals surface area contributed by atoms with Crippen LogP contribution in [0.2, 0.25) is 0 Å². The maximum Gasteiger partial charge on any atom is 0.305 e. The van der Waals surface area contributed by atoms with Crippen LogP contribution in [0.5, 0.6) is 5.75 Å². The molecule has 39 heavy (non-hydrogen) atoms. The fourth-order valence-corrected chi connectivity index (χ4v) is 5.61. The van der Waals surface area contributed by atoms with E-state index in [1.807, 2.05) is 18.2 Å². The Morgan fingerprint density at radius 1 is 1.00 bits per heavy atom. The van der Waals surface area contributed by atoms with Gasteiger partial charge in [0.25, 0.3) is 5.91 Å². The molecule has 2 aliphatic rings. The molecule has 0 bridgehead atoms. The SMILES string of the molecule is CCOC(=O)CCCCNC(=O)c1ccc(C(c2cccc(OC)c2)N2C[C@@H](C)N(CC3CC3)C[C@H]2C)cc1. The molecular weight excluding hydrogens is 490 g/mol. The first kappa shape index (κ1) is 29.1. The molecule has 7 heteroatoms. The number of esters is 1. The zero-order chi connectivity index (χ0) is 27.8. The Hall–Kier alpha value is -2.90. The minimum Gasteiger partial charge on any atom is -0.497 e. The number of carbonyl (C=O) groups excluding carboxylic acids is 2. The maximum absolute atomic E-state index is 12.8. The number of rotatable bonds is 13. The first-order valence-electron chi connectivity index (χ1n) is 14.6. The van der Waals surface area contributed by atoms with Gasteiger partial charge in [-0.3, -0.25) is 19.4 Å². The molecule has 3 atom stereocenters. The Labute approximate surface area is 233 Å². The number of nitrogens with zero attached hydrogens (tertiary/aromatic N) is 2. The van der Waals surface area contributed by atoms with Crippen LogP contribution in [0.15, 0.2) is 48.5 Å². The molecule has 1 aliphatic carbocycles. The van der Waals surface area contributed by atoms with Crippen molar-refractivity contribution in [2.24, 2.45) is 5.92 Å². The van der Waals surface area contributed by atoms with Gasteiger partial charge in [0.2, 0.25) is 0 Å². The molecule has 1 amide bonds. The highest BCUT2D eigenvalue weighted by Crippen LogP contribution is 2.36. The van der Waals surface area contributed by atoms with Crippen molar-refractivity contribution in [3.05, 3.63) is 65.2 Å². The van der Waals surface area contributed by atoms with Gasteiger partial charge in [0, 0.05) is 50.2 Å². The summed E-state index contributed by atoms with van der Waals surface area (Å²) < 4.78 is 10.5. The van der Waals surface area contributed by atoms with Crippen molar-refractivity contribution >= 4 is 11.9 Å². The van der Waals surface area contributed by atoms with Crippen LogP contribution >= 0.6 is 0 Å². The molecule has 0 spiro atoms. The van der Waals surface area contributed by atoms with Gasteiger partial charge in [-0.1, -0.05) is 24.3 Å². The lowest BCUT2D eigenvalue weighted by Gasteiger charge is -2.48. The summed E-state index contributed by atoms with van der Waals surface area (Å²) in [5, 5.41) is 2.98. The van der Waals surface area contributed by atoms with Crippen LogP contribution < -0.4 is 10.1 Å². The zero-order valence-electron chi connectivity index (χ0n) is 24.0. The lowest BCUT2D eigenvalue weighted by Crippen LogP contribution is -2.57. The van der Waals surface area contributed by atoms with E-state index in [2.05, 4.69) is 59.3 Å². The maximum atomic E-state index is 12.8. The number of ether oxygens (including phenoxy) is 2. The van der Waals surface area contributed by atoms with Gasteiger partial charge in [0.15, 0.2) is 0 Å². The summed E-state index contributed by atoms with van der Waals surface area (Å²) in [6, 6.07) is 17.3. The molecule has 0 radical (unpaired) electrons. The quantitative estimate of drug-likeness (QED) is 0.286. The van der Waals surface area contributed by atoms with E-state index in [1.165, 1.54) is 30.5 Å². The lowest BCUT2D eigenvalue weighted by atomic mass is 9.92. The van der Waals surface area contributed by atoms with E-state index in [1.54, 1.807) is 14.0 Å². The minimum absolute atomic E-state index is 0.0700. The van der Waals surface area contributed by atoms with Gasteiger partial charge < -0.3 is 14.8 Å². The Kier molecular flexibility index (Phi) is 10.4. The molecule has 2 fully saturated rings. The van der Waals surface area contributed by atoms with Crippen LogP contribution in [0.1, 0.15) is 80.4 Å². The normalized spacial score (nSPS) is 20.8. The molecule has 1 aliphatic heterocycles. The van der Waals surface area contributed by atoms with Crippen molar-refractivity contribution in [2.75, 3.05) is 39.9 Å². The Balaban J connectivity index is 1.45. The van der Waals surface area contributed by atoms with Crippen molar-refractivity contribution in [3.8, 4) is 5.75 Å². The second-order valence-electron chi connectivity index (χ2n) is 11.1. The largest absolute Gasteiger partial charge is 0.497 e. The van der Waals surface area contributed by atoms with Gasteiger partial charge in [0.05, 0.1) is 19.8 Å². The highest BCUT2D eigenvalue weighted by Gasteiger charge is 2.37. The van der Waals surface area contributed by atoms with E-state index in [9.17, 15) is 9.59 Å². The summed E-state index contributed by atoms with van der Waals surface area (Å²) in [6.07, 6.45) is 4.58. The van der Waals surface area contributed by atoms with Gasteiger partial charge in [-0.2, -0.15) is 0 Å². The Bertz CT molecular complexity index is 1090. The van der Waals surface area contributed by atoms with E-state index in [0.29, 0.717) is 43.6 Å². The topological polar surface area (TPSA) is 71.1 Å². The number of nitrogens with one attached hydrogen (secondary N) is 1. The van der Waals surface area contributed by atoms with E-state index < -0.39 is 0 Å². The van der Waals surface area contributed by atoms with Crippen molar-refractivity contribution < 1.29 is 19.1 Å². The second-order valence-corrected chi connectivity index (χ2v) is 11.1. The zero-order valence-corrected chi connectivity index (χ0v) is 24.0. The molecule has 1 heterocycles. The van der Waals surface area contributed by atoms with Gasteiger partial charge in [-0.15, -0.1) is 0 Å². The van der Waals surface area contributed by atoms with Crippen molar-refractivity contribution in [3.63, 3.8) is 0 Å². The van der Waals surface area contributed by atoms with Crippen LogP contribution in [0.4, 0.5) is 0 Å². The number of hydrogen-bond acceptors (Lipinski definition) is 6. The van der Waals surface area contributed by atoms with Gasteiger partial charge in [-0.25, -0.2) is 0 Å². The summed E-state index contributed by atoms with van der Waals surface area (Å²) in [4.78, 5) is 29.5. The third-order valence-corrected chi connectivity index (χ3v) is 7.98. The van der Waals surface area contributed by atoms with Crippen LogP contribution in [-0.2, 0) is 9.53 Å². The number of benzene rings is 2. The highest BCUT2D eigenvalue weighted by atomic mass is 16.5. The summed E-state index contributed by atoms with van der Waals surface area (Å²) in [6.45, 7) is 10.7. The third-order valence-electron chi connectivity index (χ3n) is 7.98. The predicted molar refractivity (Wildman–Crippen MR) is 154 cm³/mol. The van der Waals surface area contributed by atoms with Crippen LogP contribution in [0, 0.1) is 5.92 Å². The fraction of sp³-hybridized carbons (Fsp3) is 0.562. The highest BCUT2D eigenvalue weighted by molar-refractivity contribution is 5.94. The summed E-state index contributed by atoms with van der Waals surface area (Å²) in [5.74, 6) is 1.46. The molecule has 7 nitrogen and oxygen atoms in total. The molecule has 4 rings (SSSR count). The first-order chi connectivity index (χ1) is 18.9. The van der Waals surface area contributed by atoms with E-state index >= 15 is 0 Å². The smallest absolute Gasteiger partial charge is 0.305 e. The molecule has 1 unspecified atom stereocenters. The number of methoxy groups -OCH3 is 1. The number of amides is 1. The average molecular weight is 536 g/mol. The van der Waals surface area contributed by atoms with Gasteiger partial charge in [0.1, 0.15) is 5.75 Å². The molecule has 1 N–H and O–H groups in total. The summed E-state index contributed by atoms with van der Waals surface area (Å²) in [7, 11) is 1.71. The molecule has 212 valence electrons. The number of unbranched alkanes of at least 4 members (excludes halogenated alkanes) is 1. The van der Waals surface area contributed by atoms with Crippen LogP contribution in [0.25, 0.3) is 0 Å². The van der Waals surface area contributed by atoms with E-state index in [-0.39, 0.29) is 17.9 Å². The van der Waals surface area contributed by atoms with Crippen LogP contribution in [-0.4, -0.2) is 73.7 Å². The third kappa shape index (κ3) is 8.05. The molecule has 2 aromatic carbocycles. The summed E-state index contributed by atoms with van der Waals surface area (Å²) in [5.41, 5.74) is 3.01. The Morgan fingerprint density at radius 2 is 1.77 bits per heavy atom. The molecule has 1 saturated carbocycles. The van der Waals surface area contributed by atoms with Crippen molar-refractivity contribution in [1.82, 2.24) is 15.1 Å². The minimum atomic E-state index is -0.182. The van der Waals surface area contributed by atoms with E-state index in [4.69, 9.17) is 9.47 Å². The average Bonchev–Trinajstić information content (AvgIpc) is 3.76. The molecule has 2 aromatic rings.